The van der Waals surface area contributed by atoms with Crippen molar-refractivity contribution in [3.8, 4) is 0 Å². The van der Waals surface area contributed by atoms with Gasteiger partial charge in [0.25, 0.3) is 0 Å². The molecule has 2 heterocycles. The highest BCUT2D eigenvalue weighted by molar-refractivity contribution is 5.13. The van der Waals surface area contributed by atoms with Crippen LogP contribution in [0.15, 0.2) is 24.5 Å². The van der Waals surface area contributed by atoms with E-state index in [-0.39, 0.29) is 6.04 Å². The highest BCUT2D eigenvalue weighted by Crippen LogP contribution is 2.14. The van der Waals surface area contributed by atoms with Gasteiger partial charge in [0.15, 0.2) is 0 Å². The molecular weight excluding hydrogens is 174 g/mol. The normalized spacial score (nSPS) is 19.8. The molecule has 76 valence electrons. The van der Waals surface area contributed by atoms with E-state index in [1.807, 2.05) is 18.3 Å². The predicted octanol–water partition coefficient (Wildman–Crippen LogP) is 1.18. The van der Waals surface area contributed by atoms with Gasteiger partial charge < -0.3 is 10.6 Å². The van der Waals surface area contributed by atoms with Gasteiger partial charge in [-0.3, -0.25) is 4.98 Å². The van der Waals surface area contributed by atoms with Gasteiger partial charge >= 0.3 is 0 Å². The van der Waals surface area contributed by atoms with Crippen LogP contribution in [0.3, 0.4) is 0 Å². The fourth-order valence-electron chi connectivity index (χ4n) is 1.94. The van der Waals surface area contributed by atoms with E-state index >= 15 is 0 Å². The van der Waals surface area contributed by atoms with Gasteiger partial charge in [0, 0.05) is 25.0 Å². The Labute approximate surface area is 84.9 Å². The highest BCUT2D eigenvalue weighted by Gasteiger charge is 2.15. The molecule has 1 saturated heterocycles. The van der Waals surface area contributed by atoms with Gasteiger partial charge in [-0.05, 0) is 37.6 Å². The lowest BCUT2D eigenvalue weighted by atomic mass is 10.1. The standard InChI is InChI=1S/C11H17N3/c12-11(9-14-6-1-2-7-14)10-4-3-5-13-8-10/h3-5,8,11H,1-2,6-7,9,12H2. The van der Waals surface area contributed by atoms with E-state index in [2.05, 4.69) is 9.88 Å². The summed E-state index contributed by atoms with van der Waals surface area (Å²) in [5.74, 6) is 0. The Morgan fingerprint density at radius 2 is 2.21 bits per heavy atom. The van der Waals surface area contributed by atoms with E-state index < -0.39 is 0 Å². The van der Waals surface area contributed by atoms with Crippen molar-refractivity contribution in [1.29, 1.82) is 0 Å². The zero-order chi connectivity index (χ0) is 9.80. The van der Waals surface area contributed by atoms with Crippen LogP contribution in [0.2, 0.25) is 0 Å². The molecule has 1 atom stereocenters. The smallest absolute Gasteiger partial charge is 0.0439 e. The number of aromatic nitrogens is 1. The fraction of sp³-hybridized carbons (Fsp3) is 0.545. The van der Waals surface area contributed by atoms with Crippen molar-refractivity contribution in [3.05, 3.63) is 30.1 Å². The minimum Gasteiger partial charge on any atom is -0.323 e. The third kappa shape index (κ3) is 2.30. The molecule has 0 radical (unpaired) electrons. The Balaban J connectivity index is 1.92. The summed E-state index contributed by atoms with van der Waals surface area (Å²) in [6.45, 7) is 3.37. The second kappa shape index (κ2) is 4.53. The van der Waals surface area contributed by atoms with Crippen LogP contribution in [0.1, 0.15) is 24.4 Å². The second-order valence-electron chi connectivity index (χ2n) is 3.90. The quantitative estimate of drug-likeness (QED) is 0.780. The van der Waals surface area contributed by atoms with Crippen molar-refractivity contribution in [3.63, 3.8) is 0 Å². The average Bonchev–Trinajstić information content (AvgIpc) is 2.72. The number of rotatable bonds is 3. The summed E-state index contributed by atoms with van der Waals surface area (Å²) in [6, 6.07) is 4.11. The van der Waals surface area contributed by atoms with Crippen LogP contribution in [0.25, 0.3) is 0 Å². The molecule has 3 nitrogen and oxygen atoms in total. The van der Waals surface area contributed by atoms with Crippen molar-refractivity contribution < 1.29 is 0 Å². The van der Waals surface area contributed by atoms with Gasteiger partial charge in [0.2, 0.25) is 0 Å². The molecule has 0 amide bonds. The van der Waals surface area contributed by atoms with Crippen LogP contribution in [-0.4, -0.2) is 29.5 Å². The molecule has 3 heteroatoms. The monoisotopic (exact) mass is 191 g/mol. The molecular formula is C11H17N3. The summed E-state index contributed by atoms with van der Waals surface area (Å²) >= 11 is 0. The van der Waals surface area contributed by atoms with E-state index in [0.29, 0.717) is 0 Å². The van der Waals surface area contributed by atoms with E-state index in [4.69, 9.17) is 5.73 Å². The topological polar surface area (TPSA) is 42.1 Å². The summed E-state index contributed by atoms with van der Waals surface area (Å²) in [7, 11) is 0. The molecule has 1 aliphatic rings. The van der Waals surface area contributed by atoms with Gasteiger partial charge in [-0.1, -0.05) is 6.07 Å². The van der Waals surface area contributed by atoms with Crippen LogP contribution >= 0.6 is 0 Å². The lowest BCUT2D eigenvalue weighted by Gasteiger charge is -2.19. The number of hydrogen-bond acceptors (Lipinski definition) is 3. The molecule has 0 aliphatic carbocycles. The maximum Gasteiger partial charge on any atom is 0.0439 e. The van der Waals surface area contributed by atoms with E-state index in [1.165, 1.54) is 25.9 Å². The van der Waals surface area contributed by atoms with Crippen molar-refractivity contribution in [2.45, 2.75) is 18.9 Å². The summed E-state index contributed by atoms with van der Waals surface area (Å²) in [4.78, 5) is 6.51. The van der Waals surface area contributed by atoms with E-state index in [1.54, 1.807) is 6.20 Å². The average molecular weight is 191 g/mol. The van der Waals surface area contributed by atoms with Crippen molar-refractivity contribution >= 4 is 0 Å². The molecule has 1 aliphatic heterocycles. The van der Waals surface area contributed by atoms with Gasteiger partial charge in [-0.2, -0.15) is 0 Å². The van der Waals surface area contributed by atoms with Crippen molar-refractivity contribution in [2.24, 2.45) is 5.73 Å². The first-order chi connectivity index (χ1) is 6.86. The van der Waals surface area contributed by atoms with Crippen LogP contribution in [0, 0.1) is 0 Å². The molecule has 1 fully saturated rings. The largest absolute Gasteiger partial charge is 0.323 e. The van der Waals surface area contributed by atoms with Crippen molar-refractivity contribution in [1.82, 2.24) is 9.88 Å². The second-order valence-corrected chi connectivity index (χ2v) is 3.90. The Kier molecular flexibility index (Phi) is 3.11. The lowest BCUT2D eigenvalue weighted by Crippen LogP contribution is -2.29. The molecule has 0 saturated carbocycles. The first-order valence-corrected chi connectivity index (χ1v) is 5.24. The molecule has 2 rings (SSSR count). The van der Waals surface area contributed by atoms with Crippen LogP contribution < -0.4 is 5.73 Å². The SMILES string of the molecule is NC(CN1CCCC1)c1cccnc1. The number of nitrogens with two attached hydrogens (primary N) is 1. The maximum absolute atomic E-state index is 6.09. The van der Waals surface area contributed by atoms with Gasteiger partial charge in [0.1, 0.15) is 0 Å². The number of pyridine rings is 1. The summed E-state index contributed by atoms with van der Waals surface area (Å²) < 4.78 is 0. The minimum atomic E-state index is 0.113. The van der Waals surface area contributed by atoms with Gasteiger partial charge in [-0.25, -0.2) is 0 Å². The highest BCUT2D eigenvalue weighted by atomic mass is 15.1. The third-order valence-corrected chi connectivity index (χ3v) is 2.77. The molecule has 0 bridgehead atoms. The Morgan fingerprint density at radius 1 is 1.43 bits per heavy atom. The molecule has 0 aromatic carbocycles. The zero-order valence-electron chi connectivity index (χ0n) is 8.39. The predicted molar refractivity (Wildman–Crippen MR) is 56.8 cm³/mol. The van der Waals surface area contributed by atoms with E-state index in [0.717, 1.165) is 12.1 Å². The van der Waals surface area contributed by atoms with Gasteiger partial charge in [-0.15, -0.1) is 0 Å². The Hall–Kier alpha value is -0.930. The molecule has 1 unspecified atom stereocenters. The van der Waals surface area contributed by atoms with Gasteiger partial charge in [0.05, 0.1) is 0 Å². The van der Waals surface area contributed by atoms with E-state index in [9.17, 15) is 0 Å². The zero-order valence-corrected chi connectivity index (χ0v) is 8.39. The first kappa shape index (κ1) is 9.62. The summed E-state index contributed by atoms with van der Waals surface area (Å²) in [5.41, 5.74) is 7.23. The first-order valence-electron chi connectivity index (χ1n) is 5.24. The van der Waals surface area contributed by atoms with Crippen LogP contribution in [0.5, 0.6) is 0 Å². The fourth-order valence-corrected chi connectivity index (χ4v) is 1.94. The van der Waals surface area contributed by atoms with Crippen LogP contribution in [0.4, 0.5) is 0 Å². The third-order valence-electron chi connectivity index (χ3n) is 2.77. The van der Waals surface area contributed by atoms with Crippen molar-refractivity contribution in [2.75, 3.05) is 19.6 Å². The summed E-state index contributed by atoms with van der Waals surface area (Å²) in [6.07, 6.45) is 6.28. The molecule has 2 N–H and O–H groups in total. The lowest BCUT2D eigenvalue weighted by molar-refractivity contribution is 0.316. The maximum atomic E-state index is 6.09. The number of nitrogens with zero attached hydrogens (tertiary/aromatic N) is 2. The minimum absolute atomic E-state index is 0.113. The Morgan fingerprint density at radius 3 is 2.86 bits per heavy atom. The Bertz CT molecular complexity index is 267. The van der Waals surface area contributed by atoms with Crippen LogP contribution in [-0.2, 0) is 0 Å². The molecule has 14 heavy (non-hydrogen) atoms. The summed E-state index contributed by atoms with van der Waals surface area (Å²) in [5, 5.41) is 0. The molecule has 1 aromatic rings. The molecule has 0 spiro atoms. The molecule has 1 aromatic heterocycles. The number of likely N-dealkylation sites (tertiary alicyclic amines) is 1. The number of hydrogen-bond donors (Lipinski definition) is 1.